The van der Waals surface area contributed by atoms with Crippen molar-refractivity contribution < 1.29 is 24.2 Å². The van der Waals surface area contributed by atoms with Crippen LogP contribution in [0.4, 0.5) is 5.69 Å². The molecule has 2 aromatic carbocycles. The number of ether oxygens (including phenoxy) is 1. The molecule has 9 heteroatoms. The van der Waals surface area contributed by atoms with Crippen LogP contribution in [-0.4, -0.2) is 37.8 Å². The Labute approximate surface area is 184 Å². The Morgan fingerprint density at radius 2 is 1.97 bits per heavy atom. The first-order valence-corrected chi connectivity index (χ1v) is 9.75. The highest BCUT2D eigenvalue weighted by atomic mass is 16.5. The molecule has 1 aromatic heterocycles. The van der Waals surface area contributed by atoms with Crippen LogP contribution in [0, 0.1) is 6.92 Å². The van der Waals surface area contributed by atoms with Crippen LogP contribution in [0.2, 0.25) is 0 Å². The SMILES string of the molecule is CC(=O)Cn1cc(COc2ccc(/C=C/C(=O)Nc3ccccc3C(=O)O)cc2C)nn1. The topological polar surface area (TPSA) is 123 Å². The Hall–Kier alpha value is -4.27. The second kappa shape index (κ2) is 10.2. The molecule has 3 aromatic rings. The number of carboxylic acid groups (broad SMARTS) is 1. The van der Waals surface area contributed by atoms with Gasteiger partial charge in [0.25, 0.3) is 0 Å². The Balaban J connectivity index is 1.59. The third kappa shape index (κ3) is 6.11. The molecule has 0 fully saturated rings. The second-order valence-corrected chi connectivity index (χ2v) is 7.10. The monoisotopic (exact) mass is 434 g/mol. The van der Waals surface area contributed by atoms with Crippen molar-refractivity contribution in [2.24, 2.45) is 0 Å². The van der Waals surface area contributed by atoms with E-state index in [0.29, 0.717) is 11.4 Å². The normalized spacial score (nSPS) is 10.8. The van der Waals surface area contributed by atoms with Gasteiger partial charge in [-0.2, -0.15) is 0 Å². The highest BCUT2D eigenvalue weighted by molar-refractivity contribution is 6.06. The number of aromatic nitrogens is 3. The van der Waals surface area contributed by atoms with E-state index in [9.17, 15) is 19.5 Å². The summed E-state index contributed by atoms with van der Waals surface area (Å²) in [5.74, 6) is -0.910. The lowest BCUT2D eigenvalue weighted by molar-refractivity contribution is -0.117. The molecule has 3 rings (SSSR count). The number of carbonyl (C=O) groups excluding carboxylic acids is 2. The Bertz CT molecular complexity index is 1180. The zero-order valence-electron chi connectivity index (χ0n) is 17.6. The fourth-order valence-electron chi connectivity index (χ4n) is 2.92. The molecule has 0 saturated heterocycles. The number of rotatable bonds is 9. The van der Waals surface area contributed by atoms with Gasteiger partial charge in [0.1, 0.15) is 24.6 Å². The first kappa shape index (κ1) is 22.4. The molecule has 164 valence electrons. The molecule has 0 bridgehead atoms. The van der Waals surface area contributed by atoms with E-state index in [1.165, 1.54) is 29.8 Å². The average molecular weight is 434 g/mol. The van der Waals surface area contributed by atoms with Gasteiger partial charge in [0.15, 0.2) is 5.78 Å². The van der Waals surface area contributed by atoms with Crippen LogP contribution in [0.1, 0.15) is 34.1 Å². The summed E-state index contributed by atoms with van der Waals surface area (Å²) in [4.78, 5) is 34.6. The molecule has 0 aliphatic heterocycles. The van der Waals surface area contributed by atoms with E-state index in [1.54, 1.807) is 36.5 Å². The largest absolute Gasteiger partial charge is 0.487 e. The quantitative estimate of drug-likeness (QED) is 0.496. The van der Waals surface area contributed by atoms with Crippen LogP contribution in [0.15, 0.2) is 54.7 Å². The van der Waals surface area contributed by atoms with Crippen LogP contribution in [0.25, 0.3) is 6.08 Å². The minimum Gasteiger partial charge on any atom is -0.487 e. The number of nitrogens with zero attached hydrogens (tertiary/aromatic N) is 3. The standard InChI is InChI=1S/C23H22N4O5/c1-15-11-17(8-10-22(29)24-20-6-4-3-5-19(20)23(30)31)7-9-21(15)32-14-18-13-27(26-25-18)12-16(2)28/h3-11,13H,12,14H2,1-2H3,(H,24,29)(H,30,31)/b10-8+. The maximum Gasteiger partial charge on any atom is 0.337 e. The van der Waals surface area contributed by atoms with Gasteiger partial charge in [-0.3, -0.25) is 9.59 Å². The van der Waals surface area contributed by atoms with Crippen LogP contribution in [-0.2, 0) is 22.7 Å². The predicted molar refractivity (Wildman–Crippen MR) is 117 cm³/mol. The van der Waals surface area contributed by atoms with Gasteiger partial charge in [-0.05, 0) is 55.3 Å². The molecule has 0 radical (unpaired) electrons. The zero-order valence-corrected chi connectivity index (χ0v) is 17.6. The number of amides is 1. The summed E-state index contributed by atoms with van der Waals surface area (Å²) in [6.07, 6.45) is 4.62. The summed E-state index contributed by atoms with van der Waals surface area (Å²) in [7, 11) is 0. The third-order valence-corrected chi connectivity index (χ3v) is 4.39. The molecule has 0 saturated carbocycles. The maximum atomic E-state index is 12.2. The van der Waals surface area contributed by atoms with E-state index in [4.69, 9.17) is 4.74 Å². The first-order chi connectivity index (χ1) is 15.3. The van der Waals surface area contributed by atoms with Crippen molar-refractivity contribution in [2.75, 3.05) is 5.32 Å². The van der Waals surface area contributed by atoms with Crippen LogP contribution in [0.3, 0.4) is 0 Å². The third-order valence-electron chi connectivity index (χ3n) is 4.39. The van der Waals surface area contributed by atoms with Gasteiger partial charge in [0, 0.05) is 6.08 Å². The molecule has 32 heavy (non-hydrogen) atoms. The summed E-state index contributed by atoms with van der Waals surface area (Å²) in [5, 5.41) is 19.6. The number of para-hydroxylation sites is 1. The molecule has 1 amide bonds. The van der Waals surface area contributed by atoms with Gasteiger partial charge in [-0.15, -0.1) is 5.10 Å². The number of carboxylic acids is 1. The summed E-state index contributed by atoms with van der Waals surface area (Å²) < 4.78 is 7.24. The number of ketones is 1. The van der Waals surface area contributed by atoms with Gasteiger partial charge >= 0.3 is 5.97 Å². The number of nitrogens with one attached hydrogen (secondary N) is 1. The fourth-order valence-corrected chi connectivity index (χ4v) is 2.92. The number of hydrogen-bond acceptors (Lipinski definition) is 6. The van der Waals surface area contributed by atoms with Crippen LogP contribution < -0.4 is 10.1 Å². The summed E-state index contributed by atoms with van der Waals surface area (Å²) in [6.45, 7) is 3.74. The number of carbonyl (C=O) groups is 3. The van der Waals surface area contributed by atoms with Crippen molar-refractivity contribution in [3.05, 3.63) is 77.1 Å². The van der Waals surface area contributed by atoms with E-state index >= 15 is 0 Å². The number of aromatic carboxylic acids is 1. The maximum absolute atomic E-state index is 12.2. The van der Waals surface area contributed by atoms with Gasteiger partial charge in [0.05, 0.1) is 17.4 Å². The van der Waals surface area contributed by atoms with Gasteiger partial charge < -0.3 is 15.2 Å². The van der Waals surface area contributed by atoms with Gasteiger partial charge in [-0.1, -0.05) is 23.4 Å². The molecule has 0 aliphatic rings. The van der Waals surface area contributed by atoms with Gasteiger partial charge in [-0.25, -0.2) is 9.48 Å². The van der Waals surface area contributed by atoms with Crippen molar-refractivity contribution in [1.82, 2.24) is 15.0 Å². The van der Waals surface area contributed by atoms with E-state index in [1.807, 2.05) is 13.0 Å². The number of benzene rings is 2. The molecule has 0 unspecified atom stereocenters. The summed E-state index contributed by atoms with van der Waals surface area (Å²) in [6, 6.07) is 11.6. The number of Topliss-reactive ketones (excluding diaryl/α,β-unsaturated/α-hetero) is 1. The molecule has 0 spiro atoms. The molecule has 0 aliphatic carbocycles. The Morgan fingerprint density at radius 1 is 1.19 bits per heavy atom. The molecule has 0 atom stereocenters. The summed E-state index contributed by atoms with van der Waals surface area (Å²) in [5.41, 5.74) is 2.50. The lowest BCUT2D eigenvalue weighted by Gasteiger charge is -2.08. The van der Waals surface area contributed by atoms with E-state index in [-0.39, 0.29) is 30.2 Å². The average Bonchev–Trinajstić information content (AvgIpc) is 3.18. The predicted octanol–water partition coefficient (Wildman–Crippen LogP) is 3.10. The molecule has 9 nitrogen and oxygen atoms in total. The number of hydrogen-bond donors (Lipinski definition) is 2. The zero-order chi connectivity index (χ0) is 23.1. The molecule has 1 heterocycles. The molecular formula is C23H22N4O5. The van der Waals surface area contributed by atoms with E-state index < -0.39 is 11.9 Å². The van der Waals surface area contributed by atoms with Crippen molar-refractivity contribution in [3.8, 4) is 5.75 Å². The Morgan fingerprint density at radius 3 is 2.69 bits per heavy atom. The highest BCUT2D eigenvalue weighted by Crippen LogP contribution is 2.21. The minimum absolute atomic E-state index is 0.0124. The van der Waals surface area contributed by atoms with E-state index in [0.717, 1.165) is 11.1 Å². The number of anilines is 1. The van der Waals surface area contributed by atoms with Gasteiger partial charge in [0.2, 0.25) is 5.91 Å². The lowest BCUT2D eigenvalue weighted by Crippen LogP contribution is -2.11. The highest BCUT2D eigenvalue weighted by Gasteiger charge is 2.10. The van der Waals surface area contributed by atoms with Crippen molar-refractivity contribution >= 4 is 29.4 Å². The van der Waals surface area contributed by atoms with E-state index in [2.05, 4.69) is 15.6 Å². The Kier molecular flexibility index (Phi) is 7.12. The fraction of sp³-hybridized carbons (Fsp3) is 0.174. The lowest BCUT2D eigenvalue weighted by atomic mass is 10.1. The van der Waals surface area contributed by atoms with Crippen LogP contribution >= 0.6 is 0 Å². The first-order valence-electron chi connectivity index (χ1n) is 9.75. The van der Waals surface area contributed by atoms with Crippen molar-refractivity contribution in [2.45, 2.75) is 27.0 Å². The second-order valence-electron chi connectivity index (χ2n) is 7.10. The molecular weight excluding hydrogens is 412 g/mol. The smallest absolute Gasteiger partial charge is 0.337 e. The van der Waals surface area contributed by atoms with Crippen LogP contribution in [0.5, 0.6) is 5.75 Å². The van der Waals surface area contributed by atoms with Crippen molar-refractivity contribution in [1.29, 1.82) is 0 Å². The summed E-state index contributed by atoms with van der Waals surface area (Å²) >= 11 is 0. The molecule has 2 N–H and O–H groups in total. The minimum atomic E-state index is -1.11. The van der Waals surface area contributed by atoms with Crippen molar-refractivity contribution in [3.63, 3.8) is 0 Å². The number of aryl methyl sites for hydroxylation is 1.